The Balaban J connectivity index is 1.12. The Morgan fingerprint density at radius 1 is 0.605 bits per heavy atom. The van der Waals surface area contributed by atoms with Crippen molar-refractivity contribution in [2.75, 3.05) is 26.3 Å². The highest BCUT2D eigenvalue weighted by atomic mass is 16.5. The minimum Gasteiger partial charge on any atom is -0.454 e. The van der Waals surface area contributed by atoms with Gasteiger partial charge in [-0.3, -0.25) is 19.2 Å². The maximum atomic E-state index is 12.7. The van der Waals surface area contributed by atoms with E-state index in [9.17, 15) is 28.8 Å². The number of amides is 4. The number of carbonyl (C=O) groups excluding carboxylic acids is 6. The van der Waals surface area contributed by atoms with Gasteiger partial charge in [0.1, 0.15) is 12.1 Å². The molecule has 2 N–H and O–H groups in total. The summed E-state index contributed by atoms with van der Waals surface area (Å²) in [5.41, 5.74) is 0. The Morgan fingerprint density at radius 3 is 1.37 bits per heavy atom. The third-order valence-electron chi connectivity index (χ3n) is 7.30. The molecule has 2 heterocycles. The van der Waals surface area contributed by atoms with Crippen molar-refractivity contribution >= 4 is 35.6 Å². The normalized spacial score (nSPS) is 22.6. The number of nitrogens with one attached hydrogen (secondary N) is 2. The lowest BCUT2D eigenvalue weighted by molar-refractivity contribution is -0.156. The van der Waals surface area contributed by atoms with E-state index in [1.54, 1.807) is 0 Å². The van der Waals surface area contributed by atoms with Crippen LogP contribution in [0.5, 0.6) is 0 Å². The van der Waals surface area contributed by atoms with E-state index >= 15 is 0 Å². The Kier molecular flexibility index (Phi) is 9.57. The Hall–Kier alpha value is -3.18. The van der Waals surface area contributed by atoms with E-state index in [0.717, 1.165) is 25.7 Å². The summed E-state index contributed by atoms with van der Waals surface area (Å²) in [6.45, 7) is 0.243. The maximum Gasteiger partial charge on any atom is 0.329 e. The van der Waals surface area contributed by atoms with Crippen molar-refractivity contribution in [3.8, 4) is 0 Å². The SMILES string of the molecule is O=C(COC(=O)[C@H]1CCCN1C(=O)CCCCC(=O)N1CCC[C@@H]1C(=O)OCC(=O)NC1CC1)NC1CC1. The van der Waals surface area contributed by atoms with Gasteiger partial charge in [-0.2, -0.15) is 0 Å². The van der Waals surface area contributed by atoms with Crippen molar-refractivity contribution in [3.63, 3.8) is 0 Å². The lowest BCUT2D eigenvalue weighted by Crippen LogP contribution is -2.43. The summed E-state index contributed by atoms with van der Waals surface area (Å²) in [6.07, 6.45) is 7.49. The fourth-order valence-electron chi connectivity index (χ4n) is 4.92. The van der Waals surface area contributed by atoms with Crippen molar-refractivity contribution in [3.05, 3.63) is 0 Å². The van der Waals surface area contributed by atoms with E-state index in [0.29, 0.717) is 51.6 Å². The first-order valence-corrected chi connectivity index (χ1v) is 13.8. The van der Waals surface area contributed by atoms with Crippen LogP contribution in [0.15, 0.2) is 0 Å². The van der Waals surface area contributed by atoms with Crippen molar-refractivity contribution in [2.45, 2.75) is 101 Å². The number of ether oxygens (including phenoxy) is 2. The summed E-state index contributed by atoms with van der Waals surface area (Å²) in [4.78, 5) is 76.9. The zero-order valence-electron chi connectivity index (χ0n) is 21.8. The number of likely N-dealkylation sites (tertiary alicyclic amines) is 2. The number of hydrogen-bond donors (Lipinski definition) is 2. The van der Waals surface area contributed by atoms with Gasteiger partial charge in [0.25, 0.3) is 11.8 Å². The quantitative estimate of drug-likeness (QED) is 0.251. The molecule has 0 radical (unpaired) electrons. The van der Waals surface area contributed by atoms with Crippen molar-refractivity contribution in [1.82, 2.24) is 20.4 Å². The van der Waals surface area contributed by atoms with E-state index in [1.165, 1.54) is 9.80 Å². The molecule has 0 aromatic heterocycles. The number of unbranched alkanes of at least 4 members (excludes halogenated alkanes) is 1. The molecule has 0 aromatic carbocycles. The molecule has 4 rings (SSSR count). The number of hydrogen-bond acceptors (Lipinski definition) is 8. The largest absolute Gasteiger partial charge is 0.454 e. The molecule has 2 atom stereocenters. The molecule has 4 aliphatic rings. The molecule has 0 unspecified atom stereocenters. The second-order valence-corrected chi connectivity index (χ2v) is 10.6. The minimum absolute atomic E-state index is 0.175. The third-order valence-corrected chi connectivity index (χ3v) is 7.30. The van der Waals surface area contributed by atoms with Gasteiger partial charge in [0.2, 0.25) is 11.8 Å². The second-order valence-electron chi connectivity index (χ2n) is 10.6. The highest BCUT2D eigenvalue weighted by Crippen LogP contribution is 2.23. The van der Waals surface area contributed by atoms with Crippen LogP contribution in [0.3, 0.4) is 0 Å². The third kappa shape index (κ3) is 8.16. The van der Waals surface area contributed by atoms with Crippen molar-refractivity contribution in [2.24, 2.45) is 0 Å². The molecule has 4 fully saturated rings. The predicted molar refractivity (Wildman–Crippen MR) is 132 cm³/mol. The van der Waals surface area contributed by atoms with Crippen LogP contribution in [0, 0.1) is 0 Å². The number of esters is 2. The average molecular weight is 535 g/mol. The van der Waals surface area contributed by atoms with Crippen molar-refractivity contribution in [1.29, 1.82) is 0 Å². The highest BCUT2D eigenvalue weighted by Gasteiger charge is 2.37. The fraction of sp³-hybridized carbons (Fsp3) is 0.769. The molecule has 210 valence electrons. The molecule has 2 aliphatic heterocycles. The monoisotopic (exact) mass is 534 g/mol. The van der Waals surface area contributed by atoms with Gasteiger partial charge in [-0.15, -0.1) is 0 Å². The molecule has 4 amide bonds. The van der Waals surface area contributed by atoms with Gasteiger partial charge in [0.05, 0.1) is 0 Å². The van der Waals surface area contributed by atoms with Gasteiger partial charge in [-0.25, -0.2) is 9.59 Å². The van der Waals surface area contributed by atoms with Gasteiger partial charge in [-0.1, -0.05) is 0 Å². The molecule has 0 bridgehead atoms. The van der Waals surface area contributed by atoms with Gasteiger partial charge < -0.3 is 29.9 Å². The zero-order valence-corrected chi connectivity index (χ0v) is 21.8. The van der Waals surface area contributed by atoms with E-state index in [-0.39, 0.29) is 61.8 Å². The van der Waals surface area contributed by atoms with E-state index in [4.69, 9.17) is 9.47 Å². The molecule has 2 aliphatic carbocycles. The number of nitrogens with zero attached hydrogens (tertiary/aromatic N) is 2. The smallest absolute Gasteiger partial charge is 0.329 e. The van der Waals surface area contributed by atoms with Gasteiger partial charge >= 0.3 is 11.9 Å². The lowest BCUT2D eigenvalue weighted by atomic mass is 10.1. The molecule has 0 aromatic rings. The molecular weight excluding hydrogens is 496 g/mol. The second kappa shape index (κ2) is 13.1. The van der Waals surface area contributed by atoms with Crippen LogP contribution >= 0.6 is 0 Å². The first-order chi connectivity index (χ1) is 18.3. The highest BCUT2D eigenvalue weighted by molar-refractivity contribution is 5.88. The van der Waals surface area contributed by atoms with Gasteiger partial charge in [-0.05, 0) is 64.2 Å². The summed E-state index contributed by atoms with van der Waals surface area (Å²) >= 11 is 0. The number of rotatable bonds is 13. The maximum absolute atomic E-state index is 12.7. The van der Waals surface area contributed by atoms with E-state index in [2.05, 4.69) is 10.6 Å². The van der Waals surface area contributed by atoms with E-state index < -0.39 is 24.0 Å². The summed E-state index contributed by atoms with van der Waals surface area (Å²) in [5, 5.41) is 5.51. The van der Waals surface area contributed by atoms with Crippen LogP contribution in [-0.4, -0.2) is 95.8 Å². The zero-order chi connectivity index (χ0) is 27.1. The summed E-state index contributed by atoms with van der Waals surface area (Å²) < 4.78 is 10.3. The Labute approximate surface area is 222 Å². The predicted octanol–water partition coefficient (Wildman–Crippen LogP) is 0.172. The molecule has 2 saturated carbocycles. The molecule has 2 saturated heterocycles. The Bertz CT molecular complexity index is 858. The lowest BCUT2D eigenvalue weighted by Gasteiger charge is -2.24. The number of carbonyl (C=O) groups is 6. The van der Waals surface area contributed by atoms with Crippen LogP contribution in [-0.2, 0) is 38.2 Å². The van der Waals surface area contributed by atoms with Crippen LogP contribution in [0.2, 0.25) is 0 Å². The molecule has 38 heavy (non-hydrogen) atoms. The summed E-state index contributed by atoms with van der Waals surface area (Å²) in [7, 11) is 0. The van der Waals surface area contributed by atoms with Crippen molar-refractivity contribution < 1.29 is 38.2 Å². The van der Waals surface area contributed by atoms with Crippen LogP contribution < -0.4 is 10.6 Å². The first kappa shape index (κ1) is 27.8. The minimum atomic E-state index is -0.680. The van der Waals surface area contributed by atoms with Crippen LogP contribution in [0.1, 0.15) is 77.0 Å². The van der Waals surface area contributed by atoms with Crippen LogP contribution in [0.4, 0.5) is 0 Å². The fourth-order valence-corrected chi connectivity index (χ4v) is 4.92. The molecule has 0 spiro atoms. The molecular formula is C26H38N4O8. The van der Waals surface area contributed by atoms with Gasteiger partial charge in [0, 0.05) is 38.0 Å². The van der Waals surface area contributed by atoms with Crippen LogP contribution in [0.25, 0.3) is 0 Å². The summed E-state index contributed by atoms with van der Waals surface area (Å²) in [5.74, 6) is -2.12. The standard InChI is InChI=1S/C26H38N4O8/c31-21(27-17-9-10-17)15-37-25(35)19-5-3-13-29(19)23(33)7-1-2-8-24(34)30-14-4-6-20(30)26(36)38-16-22(32)28-18-11-12-18/h17-20H,1-16H2,(H,27,31)(H,28,32)/t19-,20-/m1/s1. The molecule has 12 heteroatoms. The molecule has 12 nitrogen and oxygen atoms in total. The topological polar surface area (TPSA) is 151 Å². The average Bonchev–Trinajstić information content (AvgIpc) is 3.78. The van der Waals surface area contributed by atoms with Gasteiger partial charge in [0.15, 0.2) is 13.2 Å². The van der Waals surface area contributed by atoms with E-state index in [1.807, 2.05) is 0 Å². The first-order valence-electron chi connectivity index (χ1n) is 13.8. The summed E-state index contributed by atoms with van der Waals surface area (Å²) in [6, 6.07) is -0.985. The Morgan fingerprint density at radius 2 is 1.00 bits per heavy atom.